The Balaban J connectivity index is 1.28. The summed E-state index contributed by atoms with van der Waals surface area (Å²) in [6.07, 6.45) is 0.948. The third-order valence-corrected chi connectivity index (χ3v) is 5.52. The first-order valence-electron chi connectivity index (χ1n) is 10.7. The Bertz CT molecular complexity index is 1080. The fourth-order valence-electron chi connectivity index (χ4n) is 3.76. The number of anilines is 2. The topological polar surface area (TPSA) is 78.5 Å². The summed E-state index contributed by atoms with van der Waals surface area (Å²) >= 11 is 0. The minimum absolute atomic E-state index is 0.0566. The molecule has 0 bridgehead atoms. The summed E-state index contributed by atoms with van der Waals surface area (Å²) in [7, 11) is 0. The largest absolute Gasteiger partial charge is 0.352 e. The lowest BCUT2D eigenvalue weighted by Gasteiger charge is -2.16. The molecule has 32 heavy (non-hydrogen) atoms. The van der Waals surface area contributed by atoms with Gasteiger partial charge in [0.15, 0.2) is 0 Å². The van der Waals surface area contributed by atoms with E-state index in [0.29, 0.717) is 24.3 Å². The van der Waals surface area contributed by atoms with Gasteiger partial charge in [-0.1, -0.05) is 48.5 Å². The zero-order valence-electron chi connectivity index (χ0n) is 17.7. The highest BCUT2D eigenvalue weighted by molar-refractivity contribution is 6.03. The fraction of sp³-hybridized carbons (Fsp3) is 0.192. The number of hydrogen-bond donors (Lipinski definition) is 2. The molecule has 1 saturated heterocycles. The monoisotopic (exact) mass is 427 g/mol. The molecule has 0 aromatic heterocycles. The molecule has 1 atom stereocenters. The lowest BCUT2D eigenvalue weighted by atomic mass is 10.1. The molecule has 0 spiro atoms. The molecule has 3 aromatic rings. The van der Waals surface area contributed by atoms with Gasteiger partial charge in [-0.25, -0.2) is 0 Å². The van der Waals surface area contributed by atoms with E-state index in [1.165, 1.54) is 5.56 Å². The number of rotatable bonds is 7. The van der Waals surface area contributed by atoms with Crippen molar-refractivity contribution >= 4 is 29.1 Å². The molecule has 3 aromatic carbocycles. The van der Waals surface area contributed by atoms with Gasteiger partial charge in [0.25, 0.3) is 5.91 Å². The van der Waals surface area contributed by atoms with Crippen LogP contribution >= 0.6 is 0 Å². The molecule has 6 heteroatoms. The van der Waals surface area contributed by atoms with Gasteiger partial charge in [0.05, 0.1) is 5.92 Å². The molecule has 0 radical (unpaired) electrons. The van der Waals surface area contributed by atoms with E-state index < -0.39 is 5.92 Å². The molecule has 1 heterocycles. The van der Waals surface area contributed by atoms with E-state index in [-0.39, 0.29) is 24.1 Å². The van der Waals surface area contributed by atoms with E-state index in [1.807, 2.05) is 60.7 Å². The number of benzene rings is 3. The van der Waals surface area contributed by atoms with E-state index in [9.17, 15) is 14.4 Å². The van der Waals surface area contributed by atoms with Crippen molar-refractivity contribution in [3.05, 3.63) is 96.1 Å². The maximum atomic E-state index is 12.7. The van der Waals surface area contributed by atoms with Crippen LogP contribution < -0.4 is 15.5 Å². The number of amides is 3. The summed E-state index contributed by atoms with van der Waals surface area (Å²) in [5.41, 5.74) is 3.10. The molecule has 4 rings (SSSR count). The number of hydrogen-bond acceptors (Lipinski definition) is 3. The highest BCUT2D eigenvalue weighted by atomic mass is 16.2. The van der Waals surface area contributed by atoms with Gasteiger partial charge in [0, 0.05) is 36.4 Å². The first-order valence-corrected chi connectivity index (χ1v) is 10.7. The van der Waals surface area contributed by atoms with Crippen LogP contribution in [0.5, 0.6) is 0 Å². The highest BCUT2D eigenvalue weighted by Gasteiger charge is 2.35. The standard InChI is InChI=1S/C26H25N3O3/c30-24-17-21(18-29(24)23-9-5-2-6-10-23)26(32)28-22-13-11-20(12-14-22)25(31)27-16-15-19-7-3-1-4-8-19/h1-14,21H,15-18H2,(H,27,31)(H,28,32). The van der Waals surface area contributed by atoms with Crippen LogP contribution in [0, 0.1) is 5.92 Å². The minimum atomic E-state index is -0.413. The molecule has 1 aliphatic rings. The normalized spacial score (nSPS) is 15.4. The van der Waals surface area contributed by atoms with Crippen molar-refractivity contribution < 1.29 is 14.4 Å². The number of nitrogens with one attached hydrogen (secondary N) is 2. The van der Waals surface area contributed by atoms with Crippen molar-refractivity contribution in [3.8, 4) is 0 Å². The lowest BCUT2D eigenvalue weighted by Crippen LogP contribution is -2.28. The van der Waals surface area contributed by atoms with Crippen LogP contribution in [0.1, 0.15) is 22.3 Å². The Morgan fingerprint density at radius 3 is 2.22 bits per heavy atom. The Morgan fingerprint density at radius 2 is 1.53 bits per heavy atom. The van der Waals surface area contributed by atoms with Crippen molar-refractivity contribution in [2.24, 2.45) is 5.92 Å². The van der Waals surface area contributed by atoms with Crippen LogP contribution in [0.2, 0.25) is 0 Å². The quantitative estimate of drug-likeness (QED) is 0.604. The van der Waals surface area contributed by atoms with E-state index in [1.54, 1.807) is 29.2 Å². The summed E-state index contributed by atoms with van der Waals surface area (Å²) in [6, 6.07) is 26.1. The molecule has 6 nitrogen and oxygen atoms in total. The third kappa shape index (κ3) is 5.21. The van der Waals surface area contributed by atoms with E-state index >= 15 is 0 Å². The predicted octanol–water partition coefficient (Wildman–Crippen LogP) is 3.65. The Labute approximate surface area is 187 Å². The first-order chi connectivity index (χ1) is 15.6. The molecule has 162 valence electrons. The second-order valence-electron chi connectivity index (χ2n) is 7.80. The molecule has 2 N–H and O–H groups in total. The molecule has 1 aliphatic heterocycles. The van der Waals surface area contributed by atoms with Crippen LogP contribution in [0.4, 0.5) is 11.4 Å². The molecule has 3 amide bonds. The molecule has 0 saturated carbocycles. The summed E-state index contributed by atoms with van der Waals surface area (Å²) in [5, 5.41) is 5.77. The van der Waals surface area contributed by atoms with Crippen molar-refractivity contribution in [2.45, 2.75) is 12.8 Å². The van der Waals surface area contributed by atoms with Crippen LogP contribution in [0.3, 0.4) is 0 Å². The van der Waals surface area contributed by atoms with Crippen molar-refractivity contribution in [1.29, 1.82) is 0 Å². The second-order valence-corrected chi connectivity index (χ2v) is 7.80. The van der Waals surface area contributed by atoms with Gasteiger partial charge in [-0.05, 0) is 48.4 Å². The van der Waals surface area contributed by atoms with Gasteiger partial charge in [-0.3, -0.25) is 14.4 Å². The third-order valence-electron chi connectivity index (χ3n) is 5.52. The first kappa shape index (κ1) is 21.3. The molecule has 1 unspecified atom stereocenters. The van der Waals surface area contributed by atoms with Crippen LogP contribution in [0.25, 0.3) is 0 Å². The van der Waals surface area contributed by atoms with Crippen molar-refractivity contribution in [1.82, 2.24) is 5.32 Å². The summed E-state index contributed by atoms with van der Waals surface area (Å²) in [4.78, 5) is 39.0. The average Bonchev–Trinajstić information content (AvgIpc) is 3.22. The predicted molar refractivity (Wildman–Crippen MR) is 124 cm³/mol. The molecular formula is C26H25N3O3. The number of carbonyl (C=O) groups is 3. The summed E-state index contributed by atoms with van der Waals surface area (Å²) in [6.45, 7) is 0.908. The van der Waals surface area contributed by atoms with Crippen molar-refractivity contribution in [2.75, 3.05) is 23.3 Å². The Morgan fingerprint density at radius 1 is 0.875 bits per heavy atom. The maximum absolute atomic E-state index is 12.7. The zero-order chi connectivity index (χ0) is 22.3. The van der Waals surface area contributed by atoms with Gasteiger partial charge in [-0.2, -0.15) is 0 Å². The smallest absolute Gasteiger partial charge is 0.251 e. The molecule has 0 aliphatic carbocycles. The number of carbonyl (C=O) groups excluding carboxylic acids is 3. The van der Waals surface area contributed by atoms with Crippen LogP contribution in [-0.2, 0) is 16.0 Å². The lowest BCUT2D eigenvalue weighted by molar-refractivity contribution is -0.122. The van der Waals surface area contributed by atoms with Gasteiger partial charge >= 0.3 is 0 Å². The zero-order valence-corrected chi connectivity index (χ0v) is 17.7. The van der Waals surface area contributed by atoms with E-state index in [4.69, 9.17) is 0 Å². The van der Waals surface area contributed by atoms with Gasteiger partial charge in [0.2, 0.25) is 11.8 Å². The van der Waals surface area contributed by atoms with Gasteiger partial charge in [-0.15, -0.1) is 0 Å². The second kappa shape index (κ2) is 9.92. The summed E-state index contributed by atoms with van der Waals surface area (Å²) < 4.78 is 0. The Kier molecular flexibility index (Phi) is 6.60. The molecule has 1 fully saturated rings. The average molecular weight is 428 g/mol. The maximum Gasteiger partial charge on any atom is 0.251 e. The van der Waals surface area contributed by atoms with E-state index in [0.717, 1.165) is 12.1 Å². The van der Waals surface area contributed by atoms with Crippen LogP contribution in [-0.4, -0.2) is 30.8 Å². The van der Waals surface area contributed by atoms with E-state index in [2.05, 4.69) is 10.6 Å². The summed E-state index contributed by atoms with van der Waals surface area (Å²) in [5.74, 6) is -0.821. The number of nitrogens with zero attached hydrogens (tertiary/aromatic N) is 1. The highest BCUT2D eigenvalue weighted by Crippen LogP contribution is 2.25. The van der Waals surface area contributed by atoms with Crippen LogP contribution in [0.15, 0.2) is 84.9 Å². The minimum Gasteiger partial charge on any atom is -0.352 e. The SMILES string of the molecule is O=C(NCCc1ccccc1)c1ccc(NC(=O)C2CC(=O)N(c3ccccc3)C2)cc1. The van der Waals surface area contributed by atoms with Gasteiger partial charge in [0.1, 0.15) is 0 Å². The Hall–Kier alpha value is -3.93. The molecular weight excluding hydrogens is 402 g/mol. The number of para-hydroxylation sites is 1. The van der Waals surface area contributed by atoms with Crippen molar-refractivity contribution in [3.63, 3.8) is 0 Å². The van der Waals surface area contributed by atoms with Gasteiger partial charge < -0.3 is 15.5 Å². The fourth-order valence-corrected chi connectivity index (χ4v) is 3.76.